The van der Waals surface area contributed by atoms with Gasteiger partial charge >= 0.3 is 5.97 Å². The Morgan fingerprint density at radius 1 is 1.19 bits per heavy atom. The van der Waals surface area contributed by atoms with E-state index in [1.54, 1.807) is 0 Å². The molecule has 0 unspecified atom stereocenters. The maximum Gasteiger partial charge on any atom is 0.323 e. The van der Waals surface area contributed by atoms with E-state index >= 15 is 0 Å². The summed E-state index contributed by atoms with van der Waals surface area (Å²) in [6.45, 7) is 2.43. The maximum atomic E-state index is 12.4. The van der Waals surface area contributed by atoms with Crippen molar-refractivity contribution in [2.75, 3.05) is 13.4 Å². The summed E-state index contributed by atoms with van der Waals surface area (Å²) in [4.78, 5) is 15.9. The summed E-state index contributed by atoms with van der Waals surface area (Å²) in [5, 5.41) is 4.65. The molecule has 0 radical (unpaired) electrons. The molecule has 0 saturated heterocycles. The first kappa shape index (κ1) is 16.2. The molecule has 0 bridgehead atoms. The lowest BCUT2D eigenvalue weighted by atomic mass is 9.89. The molecule has 0 saturated carbocycles. The van der Waals surface area contributed by atoms with Gasteiger partial charge in [-0.25, -0.2) is 0 Å². The summed E-state index contributed by atoms with van der Waals surface area (Å²) in [6, 6.07) is 13.6. The van der Waals surface area contributed by atoms with Crippen molar-refractivity contribution in [3.63, 3.8) is 0 Å². The van der Waals surface area contributed by atoms with Gasteiger partial charge in [-0.05, 0) is 30.7 Å². The second-order valence-corrected chi connectivity index (χ2v) is 6.78. The summed E-state index contributed by atoms with van der Waals surface area (Å²) in [7, 11) is 0. The van der Waals surface area contributed by atoms with E-state index in [-0.39, 0.29) is 18.8 Å². The van der Waals surface area contributed by atoms with Gasteiger partial charge in [0.05, 0.1) is 12.6 Å². The van der Waals surface area contributed by atoms with Crippen molar-refractivity contribution >= 4 is 16.9 Å². The molecule has 6 heteroatoms. The number of carbonyl (C=O) groups is 1. The smallest absolute Gasteiger partial charge is 0.323 e. The Labute approximate surface area is 156 Å². The summed E-state index contributed by atoms with van der Waals surface area (Å²) < 4.78 is 16.3. The Balaban J connectivity index is 1.63. The highest BCUT2D eigenvalue weighted by Gasteiger charge is 2.35. The van der Waals surface area contributed by atoms with Gasteiger partial charge in [0.2, 0.25) is 6.79 Å². The lowest BCUT2D eigenvalue weighted by Crippen LogP contribution is -2.45. The van der Waals surface area contributed by atoms with Crippen LogP contribution in [-0.4, -0.2) is 30.4 Å². The first-order chi connectivity index (χ1) is 13.2. The third kappa shape index (κ3) is 2.64. The molecule has 0 aliphatic carbocycles. The summed E-state index contributed by atoms with van der Waals surface area (Å²) in [6.07, 6.45) is 0.573. The van der Waals surface area contributed by atoms with E-state index in [0.29, 0.717) is 13.0 Å². The molecule has 2 N–H and O–H groups in total. The average molecular weight is 364 g/mol. The fourth-order valence-corrected chi connectivity index (χ4v) is 4.01. The second-order valence-electron chi connectivity index (χ2n) is 6.78. The van der Waals surface area contributed by atoms with Gasteiger partial charge in [0, 0.05) is 28.6 Å². The van der Waals surface area contributed by atoms with Crippen LogP contribution in [0.15, 0.2) is 42.5 Å². The molecule has 2 aliphatic rings. The van der Waals surface area contributed by atoms with Gasteiger partial charge in [0.25, 0.3) is 0 Å². The lowest BCUT2D eigenvalue weighted by molar-refractivity contribution is -0.146. The van der Waals surface area contributed by atoms with Crippen molar-refractivity contribution in [3.05, 3.63) is 59.3 Å². The number of H-pyrrole nitrogens is 1. The van der Waals surface area contributed by atoms with E-state index in [1.807, 2.05) is 37.3 Å². The molecular formula is C21H20N2O4. The van der Waals surface area contributed by atoms with Crippen LogP contribution in [0.5, 0.6) is 11.5 Å². The topological polar surface area (TPSA) is 72.6 Å². The Morgan fingerprint density at radius 3 is 2.93 bits per heavy atom. The Hall–Kier alpha value is -2.99. The van der Waals surface area contributed by atoms with Gasteiger partial charge in [-0.3, -0.25) is 10.1 Å². The minimum atomic E-state index is -0.402. The number of hydrogen-bond acceptors (Lipinski definition) is 5. The van der Waals surface area contributed by atoms with E-state index in [9.17, 15) is 4.79 Å². The van der Waals surface area contributed by atoms with Crippen molar-refractivity contribution in [3.8, 4) is 11.5 Å². The first-order valence-corrected chi connectivity index (χ1v) is 9.16. The van der Waals surface area contributed by atoms with Crippen LogP contribution in [0.25, 0.3) is 10.9 Å². The van der Waals surface area contributed by atoms with Crippen LogP contribution in [0, 0.1) is 0 Å². The van der Waals surface area contributed by atoms with Crippen LogP contribution in [-0.2, 0) is 16.0 Å². The predicted octanol–water partition coefficient (Wildman–Crippen LogP) is 3.06. The highest BCUT2D eigenvalue weighted by molar-refractivity contribution is 5.87. The summed E-state index contributed by atoms with van der Waals surface area (Å²) >= 11 is 0. The number of benzene rings is 2. The number of para-hydroxylation sites is 1. The summed E-state index contributed by atoms with van der Waals surface area (Å²) in [5.74, 6) is 1.25. The van der Waals surface area contributed by atoms with Crippen molar-refractivity contribution in [2.24, 2.45) is 0 Å². The van der Waals surface area contributed by atoms with Crippen molar-refractivity contribution in [1.82, 2.24) is 10.3 Å². The lowest BCUT2D eigenvalue weighted by Gasteiger charge is -2.30. The number of carbonyl (C=O) groups excluding carboxylic acids is 1. The molecule has 5 rings (SSSR count). The Kier molecular flexibility index (Phi) is 3.79. The third-order valence-corrected chi connectivity index (χ3v) is 5.19. The van der Waals surface area contributed by atoms with Crippen molar-refractivity contribution < 1.29 is 19.0 Å². The molecule has 6 nitrogen and oxygen atoms in total. The monoisotopic (exact) mass is 364 g/mol. The van der Waals surface area contributed by atoms with Gasteiger partial charge in [-0.1, -0.05) is 24.3 Å². The van der Waals surface area contributed by atoms with Gasteiger partial charge in [0.1, 0.15) is 6.04 Å². The standard InChI is InChI=1S/C21H20N2O4/c1-2-25-21(24)16-10-15-19(13-5-3-4-6-14(13)22-15)20(23-16)12-7-8-17-18(9-12)27-11-26-17/h3-9,16,20,22-23H,2,10-11H2,1H3/t16-,20-/m1/s1. The number of ether oxygens (including phenoxy) is 3. The molecule has 3 heterocycles. The largest absolute Gasteiger partial charge is 0.465 e. The molecule has 1 aromatic heterocycles. The van der Waals surface area contributed by atoms with Crippen molar-refractivity contribution in [2.45, 2.75) is 25.4 Å². The predicted molar refractivity (Wildman–Crippen MR) is 100.0 cm³/mol. The van der Waals surface area contributed by atoms with Crippen LogP contribution in [0.3, 0.4) is 0 Å². The summed E-state index contributed by atoms with van der Waals surface area (Å²) in [5.41, 5.74) is 4.33. The molecule has 27 heavy (non-hydrogen) atoms. The molecular weight excluding hydrogens is 344 g/mol. The van der Waals surface area contributed by atoms with E-state index in [2.05, 4.69) is 22.4 Å². The maximum absolute atomic E-state index is 12.4. The zero-order valence-corrected chi connectivity index (χ0v) is 15.0. The van der Waals surface area contributed by atoms with Crippen LogP contribution in [0.1, 0.15) is 29.8 Å². The number of aromatic amines is 1. The molecule has 2 aromatic carbocycles. The fourth-order valence-electron chi connectivity index (χ4n) is 4.01. The number of nitrogens with one attached hydrogen (secondary N) is 2. The highest BCUT2D eigenvalue weighted by atomic mass is 16.7. The minimum Gasteiger partial charge on any atom is -0.465 e. The molecule has 2 atom stereocenters. The third-order valence-electron chi connectivity index (χ3n) is 5.19. The first-order valence-electron chi connectivity index (χ1n) is 9.16. The van der Waals surface area contributed by atoms with Crippen LogP contribution >= 0.6 is 0 Å². The van der Waals surface area contributed by atoms with Crippen LogP contribution < -0.4 is 14.8 Å². The fraction of sp³-hybridized carbons (Fsp3) is 0.286. The Morgan fingerprint density at radius 2 is 2.04 bits per heavy atom. The minimum absolute atomic E-state index is 0.145. The van der Waals surface area contributed by atoms with Gasteiger partial charge in [0.15, 0.2) is 11.5 Å². The number of fused-ring (bicyclic) bond motifs is 4. The number of hydrogen-bond donors (Lipinski definition) is 2. The SMILES string of the molecule is CCOC(=O)[C@H]1Cc2[nH]c3ccccc3c2[C@@H](c2ccc3c(c2)OCO3)N1. The van der Waals surface area contributed by atoms with E-state index < -0.39 is 6.04 Å². The van der Waals surface area contributed by atoms with Crippen LogP contribution in [0.4, 0.5) is 0 Å². The Bertz CT molecular complexity index is 1030. The number of esters is 1. The molecule has 2 aliphatic heterocycles. The normalized spacial score (nSPS) is 20.5. The van der Waals surface area contributed by atoms with E-state index in [0.717, 1.165) is 33.7 Å². The molecule has 138 valence electrons. The second kappa shape index (κ2) is 6.32. The molecule has 0 fully saturated rings. The van der Waals surface area contributed by atoms with Crippen molar-refractivity contribution in [1.29, 1.82) is 0 Å². The average Bonchev–Trinajstić information content (AvgIpc) is 3.30. The molecule has 0 amide bonds. The van der Waals surface area contributed by atoms with Crippen LogP contribution in [0.2, 0.25) is 0 Å². The van der Waals surface area contributed by atoms with Gasteiger partial charge in [-0.15, -0.1) is 0 Å². The molecule has 3 aromatic rings. The van der Waals surface area contributed by atoms with Gasteiger partial charge in [-0.2, -0.15) is 0 Å². The number of aromatic nitrogens is 1. The van der Waals surface area contributed by atoms with Gasteiger partial charge < -0.3 is 19.2 Å². The zero-order valence-electron chi connectivity index (χ0n) is 15.0. The quantitative estimate of drug-likeness (QED) is 0.699. The molecule has 0 spiro atoms. The highest BCUT2D eigenvalue weighted by Crippen LogP contribution is 2.40. The number of rotatable bonds is 3. The van der Waals surface area contributed by atoms with E-state index in [4.69, 9.17) is 14.2 Å². The van der Waals surface area contributed by atoms with E-state index in [1.165, 1.54) is 5.56 Å². The zero-order chi connectivity index (χ0) is 18.4.